The summed E-state index contributed by atoms with van der Waals surface area (Å²) in [4.78, 5) is 0. The molecule has 0 aliphatic heterocycles. The summed E-state index contributed by atoms with van der Waals surface area (Å²) in [7, 11) is 0. The quantitative estimate of drug-likeness (QED) is 0.379. The first-order valence-electron chi connectivity index (χ1n) is 11.0. The molecule has 0 N–H and O–H groups in total. The molecule has 0 atom stereocenters. The van der Waals surface area contributed by atoms with E-state index >= 15 is 4.39 Å². The number of fused-ring (bicyclic) bond motifs is 1. The highest BCUT2D eigenvalue weighted by atomic mass is 19.1. The second-order valence-corrected chi connectivity index (χ2v) is 8.49. The average Bonchev–Trinajstić information content (AvgIpc) is 2.75. The maximum Gasteiger partial charge on any atom is 0.138 e. The van der Waals surface area contributed by atoms with Crippen LogP contribution in [0.3, 0.4) is 0 Å². The fourth-order valence-electron chi connectivity index (χ4n) is 4.87. The van der Waals surface area contributed by atoms with Crippen LogP contribution in [0.5, 0.6) is 0 Å². The summed E-state index contributed by atoms with van der Waals surface area (Å²) < 4.78 is 15.1. The maximum absolute atomic E-state index is 15.1. The summed E-state index contributed by atoms with van der Waals surface area (Å²) in [6.07, 6.45) is 10.8. The Kier molecular flexibility index (Phi) is 6.10. The Morgan fingerprint density at radius 1 is 0.857 bits per heavy atom. The molecule has 0 spiro atoms. The summed E-state index contributed by atoms with van der Waals surface area (Å²) in [5, 5.41) is 1.76. The molecule has 0 aromatic heterocycles. The summed E-state index contributed by atoms with van der Waals surface area (Å²) in [6.45, 7) is 2.28. The van der Waals surface area contributed by atoms with E-state index in [0.29, 0.717) is 11.5 Å². The van der Waals surface area contributed by atoms with Crippen LogP contribution in [0.25, 0.3) is 21.9 Å². The lowest BCUT2D eigenvalue weighted by Gasteiger charge is -2.29. The smallest absolute Gasteiger partial charge is 0.138 e. The number of unbranched alkanes of at least 4 members (excludes halogenated alkanes) is 2. The van der Waals surface area contributed by atoms with Crippen molar-refractivity contribution in [2.24, 2.45) is 5.92 Å². The molecule has 0 bridgehead atoms. The standard InChI is InChI=1S/C27H31F/c1-2-3-5-8-20-11-13-21(14-12-20)23-15-17-26-24(19-23)16-18-25(27(26)28)22-9-6-4-7-10-22/h4,6-7,9-10,15-21H,2-3,5,8,11-14H2,1H3. The third-order valence-electron chi connectivity index (χ3n) is 6.60. The molecule has 1 heteroatoms. The Balaban J connectivity index is 1.50. The highest BCUT2D eigenvalue weighted by molar-refractivity contribution is 5.88. The van der Waals surface area contributed by atoms with Crippen molar-refractivity contribution in [3.63, 3.8) is 0 Å². The first kappa shape index (κ1) is 19.2. The van der Waals surface area contributed by atoms with E-state index in [1.165, 1.54) is 56.9 Å². The van der Waals surface area contributed by atoms with Gasteiger partial charge in [-0.3, -0.25) is 0 Å². The molecule has 0 amide bonds. The summed E-state index contributed by atoms with van der Waals surface area (Å²) in [5.74, 6) is 1.47. The molecule has 1 aliphatic carbocycles. The fourth-order valence-corrected chi connectivity index (χ4v) is 4.87. The van der Waals surface area contributed by atoms with Crippen LogP contribution in [0.2, 0.25) is 0 Å². The number of halogens is 1. The summed E-state index contributed by atoms with van der Waals surface area (Å²) in [5.41, 5.74) is 3.02. The highest BCUT2D eigenvalue weighted by Gasteiger charge is 2.22. The van der Waals surface area contributed by atoms with E-state index in [2.05, 4.69) is 25.1 Å². The fraction of sp³-hybridized carbons (Fsp3) is 0.407. The van der Waals surface area contributed by atoms with E-state index in [1.54, 1.807) is 0 Å². The molecule has 0 nitrogen and oxygen atoms in total. The third kappa shape index (κ3) is 4.14. The molecule has 0 unspecified atom stereocenters. The van der Waals surface area contributed by atoms with Gasteiger partial charge < -0.3 is 0 Å². The Bertz CT molecular complexity index is 904. The van der Waals surface area contributed by atoms with Crippen molar-refractivity contribution in [3.05, 3.63) is 72.0 Å². The highest BCUT2D eigenvalue weighted by Crippen LogP contribution is 2.39. The van der Waals surface area contributed by atoms with Gasteiger partial charge in [0.1, 0.15) is 5.82 Å². The Hall–Kier alpha value is -2.15. The van der Waals surface area contributed by atoms with Crippen LogP contribution in [0, 0.1) is 11.7 Å². The molecule has 0 saturated heterocycles. The van der Waals surface area contributed by atoms with Gasteiger partial charge in [-0.25, -0.2) is 4.39 Å². The van der Waals surface area contributed by atoms with Gasteiger partial charge in [0, 0.05) is 10.9 Å². The monoisotopic (exact) mass is 374 g/mol. The van der Waals surface area contributed by atoms with Gasteiger partial charge in [0.2, 0.25) is 0 Å². The van der Waals surface area contributed by atoms with Crippen LogP contribution < -0.4 is 0 Å². The molecule has 28 heavy (non-hydrogen) atoms. The van der Waals surface area contributed by atoms with Gasteiger partial charge in [0.15, 0.2) is 0 Å². The van der Waals surface area contributed by atoms with Crippen LogP contribution in [0.15, 0.2) is 60.7 Å². The van der Waals surface area contributed by atoms with Crippen LogP contribution >= 0.6 is 0 Å². The van der Waals surface area contributed by atoms with Crippen molar-refractivity contribution in [2.45, 2.75) is 64.2 Å². The lowest BCUT2D eigenvalue weighted by molar-refractivity contribution is 0.303. The lowest BCUT2D eigenvalue weighted by Crippen LogP contribution is -2.13. The van der Waals surface area contributed by atoms with Crippen molar-refractivity contribution in [1.29, 1.82) is 0 Å². The predicted octanol–water partition coefficient (Wildman–Crippen LogP) is 8.50. The molecular weight excluding hydrogens is 343 g/mol. The summed E-state index contributed by atoms with van der Waals surface area (Å²) in [6, 6.07) is 20.2. The van der Waals surface area contributed by atoms with Gasteiger partial charge in [-0.05, 0) is 54.0 Å². The van der Waals surface area contributed by atoms with Crippen LogP contribution in [-0.2, 0) is 0 Å². The van der Waals surface area contributed by atoms with E-state index in [0.717, 1.165) is 22.3 Å². The van der Waals surface area contributed by atoms with Gasteiger partial charge in [0.25, 0.3) is 0 Å². The van der Waals surface area contributed by atoms with Gasteiger partial charge in [-0.15, -0.1) is 0 Å². The van der Waals surface area contributed by atoms with Crippen LogP contribution in [-0.4, -0.2) is 0 Å². The average molecular weight is 375 g/mol. The molecular formula is C27H31F. The van der Waals surface area contributed by atoms with Gasteiger partial charge >= 0.3 is 0 Å². The van der Waals surface area contributed by atoms with E-state index in [-0.39, 0.29) is 5.82 Å². The second kappa shape index (κ2) is 8.90. The number of benzene rings is 3. The second-order valence-electron chi connectivity index (χ2n) is 8.49. The summed E-state index contributed by atoms with van der Waals surface area (Å²) >= 11 is 0. The molecule has 3 aromatic rings. The molecule has 1 aliphatic rings. The Morgan fingerprint density at radius 3 is 2.39 bits per heavy atom. The number of rotatable bonds is 6. The SMILES string of the molecule is CCCCCC1CCC(c2ccc3c(F)c(-c4ccccc4)ccc3c2)CC1. The molecule has 1 saturated carbocycles. The zero-order valence-corrected chi connectivity index (χ0v) is 17.0. The molecule has 0 radical (unpaired) electrons. The van der Waals surface area contributed by atoms with Crippen molar-refractivity contribution in [1.82, 2.24) is 0 Å². The largest absolute Gasteiger partial charge is 0.206 e. The Morgan fingerprint density at radius 2 is 1.64 bits per heavy atom. The van der Waals surface area contributed by atoms with Gasteiger partial charge in [0.05, 0.1) is 0 Å². The van der Waals surface area contributed by atoms with E-state index in [9.17, 15) is 0 Å². The first-order chi connectivity index (χ1) is 13.8. The zero-order chi connectivity index (χ0) is 19.3. The minimum Gasteiger partial charge on any atom is -0.206 e. The van der Waals surface area contributed by atoms with Crippen molar-refractivity contribution in [3.8, 4) is 11.1 Å². The predicted molar refractivity (Wildman–Crippen MR) is 118 cm³/mol. The minimum atomic E-state index is -0.102. The number of hydrogen-bond donors (Lipinski definition) is 0. The molecule has 146 valence electrons. The van der Waals surface area contributed by atoms with E-state index in [1.807, 2.05) is 42.5 Å². The van der Waals surface area contributed by atoms with Crippen molar-refractivity contribution >= 4 is 10.8 Å². The van der Waals surface area contributed by atoms with Gasteiger partial charge in [-0.2, -0.15) is 0 Å². The zero-order valence-electron chi connectivity index (χ0n) is 17.0. The Labute approximate surface area is 168 Å². The first-order valence-corrected chi connectivity index (χ1v) is 11.0. The van der Waals surface area contributed by atoms with Crippen molar-refractivity contribution in [2.75, 3.05) is 0 Å². The lowest BCUT2D eigenvalue weighted by atomic mass is 9.76. The third-order valence-corrected chi connectivity index (χ3v) is 6.60. The van der Waals surface area contributed by atoms with E-state index < -0.39 is 0 Å². The molecule has 1 fully saturated rings. The van der Waals surface area contributed by atoms with Crippen molar-refractivity contribution < 1.29 is 4.39 Å². The normalized spacial score (nSPS) is 19.8. The minimum absolute atomic E-state index is 0.102. The molecule has 4 rings (SSSR count). The molecule has 3 aromatic carbocycles. The maximum atomic E-state index is 15.1. The topological polar surface area (TPSA) is 0 Å². The molecule has 0 heterocycles. The van der Waals surface area contributed by atoms with Crippen LogP contribution in [0.1, 0.15) is 69.8 Å². The van der Waals surface area contributed by atoms with Crippen LogP contribution in [0.4, 0.5) is 4.39 Å². The van der Waals surface area contributed by atoms with Gasteiger partial charge in [-0.1, -0.05) is 93.3 Å². The van der Waals surface area contributed by atoms with E-state index in [4.69, 9.17) is 0 Å². The number of hydrogen-bond acceptors (Lipinski definition) is 0.